The van der Waals surface area contributed by atoms with Gasteiger partial charge in [0.2, 0.25) is 0 Å². The molecule has 0 bridgehead atoms. The van der Waals surface area contributed by atoms with Crippen molar-refractivity contribution in [1.29, 1.82) is 0 Å². The summed E-state index contributed by atoms with van der Waals surface area (Å²) in [4.78, 5) is 19.6. The molecule has 1 aromatic carbocycles. The Kier molecular flexibility index (Phi) is 6.13. The summed E-state index contributed by atoms with van der Waals surface area (Å²) in [6.45, 7) is 0. The van der Waals surface area contributed by atoms with Crippen LogP contribution in [0, 0.1) is 0 Å². The summed E-state index contributed by atoms with van der Waals surface area (Å²) in [5.74, 6) is -0.351. The SMILES string of the molecule is COC(=O)c1ccccc1-n1cccc1C1C(c2ccccn2)NC(=S)N1C1CCCCC1. The molecule has 0 radical (unpaired) electrons. The normalized spacial score (nSPS) is 21.1. The summed E-state index contributed by atoms with van der Waals surface area (Å²) in [6.07, 6.45) is 9.81. The lowest BCUT2D eigenvalue weighted by Crippen LogP contribution is -2.40. The number of esters is 1. The number of para-hydroxylation sites is 1. The van der Waals surface area contributed by atoms with E-state index in [1.54, 1.807) is 6.07 Å². The van der Waals surface area contributed by atoms with E-state index in [4.69, 9.17) is 17.0 Å². The molecule has 5 rings (SSSR count). The maximum absolute atomic E-state index is 12.5. The van der Waals surface area contributed by atoms with Gasteiger partial charge in [0.1, 0.15) is 0 Å². The third kappa shape index (κ3) is 4.02. The molecule has 1 N–H and O–H groups in total. The van der Waals surface area contributed by atoms with Crippen LogP contribution in [0.4, 0.5) is 0 Å². The zero-order valence-corrected chi connectivity index (χ0v) is 19.5. The third-order valence-electron chi connectivity index (χ3n) is 6.76. The van der Waals surface area contributed by atoms with E-state index in [-0.39, 0.29) is 18.1 Å². The molecule has 1 aliphatic heterocycles. The van der Waals surface area contributed by atoms with Crippen LogP contribution in [0.15, 0.2) is 67.0 Å². The molecule has 0 spiro atoms. The highest BCUT2D eigenvalue weighted by Crippen LogP contribution is 2.43. The van der Waals surface area contributed by atoms with E-state index < -0.39 is 0 Å². The largest absolute Gasteiger partial charge is 0.465 e. The number of benzene rings is 1. The minimum atomic E-state index is -0.351. The van der Waals surface area contributed by atoms with Gasteiger partial charge in [-0.1, -0.05) is 37.5 Å². The Morgan fingerprint density at radius 2 is 1.85 bits per heavy atom. The van der Waals surface area contributed by atoms with Gasteiger partial charge in [-0.15, -0.1) is 0 Å². The number of rotatable bonds is 5. The quantitative estimate of drug-likeness (QED) is 0.429. The highest BCUT2D eigenvalue weighted by molar-refractivity contribution is 7.80. The lowest BCUT2D eigenvalue weighted by atomic mass is 9.91. The highest BCUT2D eigenvalue weighted by atomic mass is 32.1. The van der Waals surface area contributed by atoms with Gasteiger partial charge in [0.15, 0.2) is 5.11 Å². The van der Waals surface area contributed by atoms with Gasteiger partial charge in [-0.05, 0) is 61.5 Å². The molecule has 2 unspecified atom stereocenters. The van der Waals surface area contributed by atoms with Crippen LogP contribution in [-0.4, -0.2) is 38.7 Å². The summed E-state index contributed by atoms with van der Waals surface area (Å²) in [5, 5.41) is 4.35. The number of pyridine rings is 1. The standard InChI is InChI=1S/C26H28N4O2S/c1-32-25(31)19-12-5-6-14-21(19)29-17-9-15-22(29)24-23(20-13-7-8-16-27-20)28-26(33)30(24)18-10-3-2-4-11-18/h5-9,12-18,23-24H,2-4,10-11H2,1H3,(H,28,33). The minimum absolute atomic E-state index is 0.0452. The molecule has 3 heterocycles. The number of carbonyl (C=O) groups excluding carboxylic acids is 1. The maximum Gasteiger partial charge on any atom is 0.339 e. The molecule has 1 saturated heterocycles. The van der Waals surface area contributed by atoms with E-state index in [2.05, 4.69) is 25.8 Å². The zero-order valence-electron chi connectivity index (χ0n) is 18.7. The molecule has 2 atom stereocenters. The fourth-order valence-corrected chi connectivity index (χ4v) is 5.64. The molecule has 1 aliphatic carbocycles. The fourth-order valence-electron chi connectivity index (χ4n) is 5.26. The Hall–Kier alpha value is -3.19. The molecule has 3 aromatic rings. The zero-order chi connectivity index (χ0) is 22.8. The van der Waals surface area contributed by atoms with Gasteiger partial charge in [0, 0.05) is 24.1 Å². The number of ether oxygens (including phenoxy) is 1. The molecule has 170 valence electrons. The molecule has 6 nitrogen and oxygen atoms in total. The maximum atomic E-state index is 12.5. The van der Waals surface area contributed by atoms with E-state index in [9.17, 15) is 4.79 Å². The van der Waals surface area contributed by atoms with Crippen molar-refractivity contribution in [3.63, 3.8) is 0 Å². The number of carbonyl (C=O) groups is 1. The lowest BCUT2D eigenvalue weighted by Gasteiger charge is -2.37. The van der Waals surface area contributed by atoms with Gasteiger partial charge >= 0.3 is 5.97 Å². The Bertz CT molecular complexity index is 1140. The van der Waals surface area contributed by atoms with Crippen LogP contribution in [0.25, 0.3) is 5.69 Å². The summed E-state index contributed by atoms with van der Waals surface area (Å²) in [7, 11) is 1.41. The van der Waals surface area contributed by atoms with Crippen molar-refractivity contribution in [3.05, 3.63) is 83.9 Å². The first-order valence-electron chi connectivity index (χ1n) is 11.5. The second-order valence-electron chi connectivity index (χ2n) is 8.64. The van der Waals surface area contributed by atoms with Crippen LogP contribution < -0.4 is 5.32 Å². The number of hydrogen-bond acceptors (Lipinski definition) is 4. The van der Waals surface area contributed by atoms with Gasteiger partial charge in [0.05, 0.1) is 36.1 Å². The van der Waals surface area contributed by atoms with Crippen molar-refractivity contribution < 1.29 is 9.53 Å². The van der Waals surface area contributed by atoms with E-state index in [1.165, 1.54) is 26.4 Å². The average molecular weight is 461 g/mol. The number of hydrogen-bond donors (Lipinski definition) is 1. The minimum Gasteiger partial charge on any atom is -0.465 e. The van der Waals surface area contributed by atoms with Crippen molar-refractivity contribution in [3.8, 4) is 5.69 Å². The van der Waals surface area contributed by atoms with Crippen molar-refractivity contribution in [1.82, 2.24) is 19.8 Å². The van der Waals surface area contributed by atoms with Gasteiger partial charge in [-0.3, -0.25) is 4.98 Å². The molecule has 0 amide bonds. The predicted molar refractivity (Wildman–Crippen MR) is 131 cm³/mol. The molecule has 2 aromatic heterocycles. The van der Waals surface area contributed by atoms with Crippen molar-refractivity contribution >= 4 is 23.3 Å². The van der Waals surface area contributed by atoms with Crippen LogP contribution in [0.1, 0.15) is 65.9 Å². The molecule has 2 aliphatic rings. The average Bonchev–Trinajstić information content (AvgIpc) is 3.48. The second kappa shape index (κ2) is 9.35. The monoisotopic (exact) mass is 460 g/mol. The summed E-state index contributed by atoms with van der Waals surface area (Å²) >= 11 is 5.90. The molecule has 33 heavy (non-hydrogen) atoms. The molecular formula is C26H28N4O2S. The van der Waals surface area contributed by atoms with E-state index in [1.807, 2.05) is 54.9 Å². The van der Waals surface area contributed by atoms with Crippen molar-refractivity contribution in [2.24, 2.45) is 0 Å². The number of methoxy groups -OCH3 is 1. The van der Waals surface area contributed by atoms with Crippen molar-refractivity contribution in [2.45, 2.75) is 50.2 Å². The number of thiocarbonyl (C=S) groups is 1. The van der Waals surface area contributed by atoms with Gasteiger partial charge in [-0.25, -0.2) is 4.79 Å². The molecular weight excluding hydrogens is 432 g/mol. The smallest absolute Gasteiger partial charge is 0.339 e. The highest BCUT2D eigenvalue weighted by Gasteiger charge is 2.44. The third-order valence-corrected chi connectivity index (χ3v) is 7.08. The fraction of sp³-hybridized carbons (Fsp3) is 0.346. The van der Waals surface area contributed by atoms with Crippen molar-refractivity contribution in [2.75, 3.05) is 7.11 Å². The van der Waals surface area contributed by atoms with Crippen LogP contribution in [0.2, 0.25) is 0 Å². The first-order valence-corrected chi connectivity index (χ1v) is 11.9. The number of aromatic nitrogens is 2. The predicted octanol–water partition coefficient (Wildman–Crippen LogP) is 4.96. The van der Waals surface area contributed by atoms with Crippen LogP contribution in [0.3, 0.4) is 0 Å². The molecule has 1 saturated carbocycles. The lowest BCUT2D eigenvalue weighted by molar-refractivity contribution is 0.0600. The van der Waals surface area contributed by atoms with E-state index >= 15 is 0 Å². The molecule has 2 fully saturated rings. The first-order chi connectivity index (χ1) is 16.2. The summed E-state index contributed by atoms with van der Waals surface area (Å²) in [5.41, 5.74) is 3.35. The summed E-state index contributed by atoms with van der Waals surface area (Å²) < 4.78 is 7.15. The Morgan fingerprint density at radius 1 is 1.06 bits per heavy atom. The number of nitrogens with one attached hydrogen (secondary N) is 1. The molecule has 7 heteroatoms. The van der Waals surface area contributed by atoms with Crippen LogP contribution in [-0.2, 0) is 4.74 Å². The van der Waals surface area contributed by atoms with Crippen LogP contribution >= 0.6 is 12.2 Å². The van der Waals surface area contributed by atoms with E-state index in [0.29, 0.717) is 11.6 Å². The Labute approximate surface area is 199 Å². The Balaban J connectivity index is 1.63. The number of nitrogens with zero attached hydrogens (tertiary/aromatic N) is 3. The van der Waals surface area contributed by atoms with Crippen LogP contribution in [0.5, 0.6) is 0 Å². The summed E-state index contributed by atoms with van der Waals surface area (Å²) in [6, 6.07) is 18.0. The van der Waals surface area contributed by atoms with Gasteiger partial charge < -0.3 is 19.5 Å². The second-order valence-corrected chi connectivity index (χ2v) is 9.02. The Morgan fingerprint density at radius 3 is 2.61 bits per heavy atom. The van der Waals surface area contributed by atoms with E-state index in [0.717, 1.165) is 35.0 Å². The first kappa shape index (κ1) is 21.6. The van der Waals surface area contributed by atoms with Gasteiger partial charge in [-0.2, -0.15) is 0 Å². The topological polar surface area (TPSA) is 59.4 Å². The van der Waals surface area contributed by atoms with Gasteiger partial charge in [0.25, 0.3) is 0 Å².